The molecule has 0 unspecified atom stereocenters. The molecule has 0 saturated carbocycles. The smallest absolute Gasteiger partial charge is 0.342 e. The zero-order valence-corrected chi connectivity index (χ0v) is 23.4. The average molecular weight is 565 g/mol. The Hall–Kier alpha value is -4.88. The van der Waals surface area contributed by atoms with Crippen LogP contribution in [0, 0.1) is 13.8 Å². The van der Waals surface area contributed by atoms with Gasteiger partial charge >= 0.3 is 11.9 Å². The van der Waals surface area contributed by atoms with Crippen LogP contribution in [0.4, 0.5) is 0 Å². The van der Waals surface area contributed by atoms with Crippen LogP contribution in [0.5, 0.6) is 11.5 Å². The van der Waals surface area contributed by atoms with Gasteiger partial charge in [0.15, 0.2) is 0 Å². The van der Waals surface area contributed by atoms with Crippen molar-refractivity contribution in [1.82, 2.24) is 0 Å². The van der Waals surface area contributed by atoms with Crippen molar-refractivity contribution >= 4 is 23.3 Å². The largest absolute Gasteiger partial charge is 0.506 e. The lowest BCUT2D eigenvalue weighted by Crippen LogP contribution is -2.06. The Labute approximate surface area is 242 Å². The predicted octanol–water partition coefficient (Wildman–Crippen LogP) is 7.82. The molecule has 0 spiro atoms. The molecule has 0 bridgehead atoms. The molecule has 41 heavy (non-hydrogen) atoms. The highest BCUT2D eigenvalue weighted by molar-refractivity contribution is 7.18. The quantitative estimate of drug-likeness (QED) is 0.187. The molecule has 5 rings (SSSR count). The molecule has 0 saturated heterocycles. The highest BCUT2D eigenvalue weighted by atomic mass is 32.1. The van der Waals surface area contributed by atoms with Crippen LogP contribution < -0.4 is 0 Å². The van der Waals surface area contributed by atoms with Gasteiger partial charge in [0.1, 0.15) is 35.8 Å². The molecule has 0 fully saturated rings. The minimum Gasteiger partial charge on any atom is -0.506 e. The van der Waals surface area contributed by atoms with Crippen LogP contribution in [-0.2, 0) is 22.7 Å². The van der Waals surface area contributed by atoms with Crippen molar-refractivity contribution in [3.63, 3.8) is 0 Å². The van der Waals surface area contributed by atoms with E-state index in [9.17, 15) is 19.8 Å². The Bertz CT molecular complexity index is 1580. The van der Waals surface area contributed by atoms with Gasteiger partial charge in [0, 0.05) is 20.9 Å². The van der Waals surface area contributed by atoms with Crippen molar-refractivity contribution in [2.45, 2.75) is 27.1 Å². The molecule has 7 heteroatoms. The summed E-state index contributed by atoms with van der Waals surface area (Å²) in [6, 6.07) is 29.1. The number of hydrogen-bond acceptors (Lipinski definition) is 7. The number of rotatable bonds is 8. The summed E-state index contributed by atoms with van der Waals surface area (Å²) in [4.78, 5) is 27.1. The molecule has 0 aliphatic rings. The van der Waals surface area contributed by atoms with Crippen LogP contribution in [0.3, 0.4) is 0 Å². The fourth-order valence-corrected chi connectivity index (χ4v) is 5.51. The molecule has 206 valence electrons. The van der Waals surface area contributed by atoms with Crippen molar-refractivity contribution in [3.05, 3.63) is 130 Å². The molecule has 2 N–H and O–H groups in total. The second kappa shape index (κ2) is 12.1. The number of hydrogen-bond donors (Lipinski definition) is 2. The molecule has 5 aromatic rings. The second-order valence-corrected chi connectivity index (χ2v) is 10.8. The molecular formula is C34H28O6S. The summed E-state index contributed by atoms with van der Waals surface area (Å²) in [5.74, 6) is -1.60. The minimum atomic E-state index is -0.622. The normalized spacial score (nSPS) is 10.8. The van der Waals surface area contributed by atoms with Crippen molar-refractivity contribution in [2.75, 3.05) is 0 Å². The van der Waals surface area contributed by atoms with Crippen LogP contribution in [0.15, 0.2) is 97.1 Å². The van der Waals surface area contributed by atoms with Gasteiger partial charge in [-0.1, -0.05) is 60.7 Å². The second-order valence-electron chi connectivity index (χ2n) is 9.70. The minimum absolute atomic E-state index is 0.0766. The molecule has 0 radical (unpaired) electrons. The molecule has 0 atom stereocenters. The van der Waals surface area contributed by atoms with E-state index in [4.69, 9.17) is 9.47 Å². The van der Waals surface area contributed by atoms with Crippen LogP contribution >= 0.6 is 11.3 Å². The number of carbonyl (C=O) groups is 2. The Morgan fingerprint density at radius 1 is 0.610 bits per heavy atom. The van der Waals surface area contributed by atoms with Crippen molar-refractivity contribution in [1.29, 1.82) is 0 Å². The first-order valence-electron chi connectivity index (χ1n) is 13.0. The Kier molecular flexibility index (Phi) is 8.17. The summed E-state index contributed by atoms with van der Waals surface area (Å²) in [7, 11) is 0. The molecule has 0 aliphatic heterocycles. The van der Waals surface area contributed by atoms with E-state index < -0.39 is 11.9 Å². The fraction of sp³-hybridized carbons (Fsp3) is 0.118. The summed E-state index contributed by atoms with van der Waals surface area (Å²) in [6.45, 7) is 3.86. The Balaban J connectivity index is 1.40. The predicted molar refractivity (Wildman–Crippen MR) is 159 cm³/mol. The maximum absolute atomic E-state index is 12.9. The SMILES string of the molecule is Cc1cc(C(=O)OCc2ccccc2)c(O)c(-c2ccc(-c3cc(C)cc(C(=O)OCc4ccccc4)c3O)s2)c1. The maximum Gasteiger partial charge on any atom is 0.342 e. The van der Waals surface area contributed by atoms with Gasteiger partial charge in [-0.25, -0.2) is 9.59 Å². The third-order valence-corrected chi connectivity index (χ3v) is 7.66. The molecule has 4 aromatic carbocycles. The fourth-order valence-electron chi connectivity index (χ4n) is 4.47. The number of phenols is 2. The van der Waals surface area contributed by atoms with E-state index in [2.05, 4.69) is 0 Å². The number of aromatic hydroxyl groups is 2. The summed E-state index contributed by atoms with van der Waals surface area (Å²) < 4.78 is 10.9. The van der Waals surface area contributed by atoms with Crippen molar-refractivity contribution < 1.29 is 29.3 Å². The van der Waals surface area contributed by atoms with E-state index in [0.29, 0.717) is 20.9 Å². The summed E-state index contributed by atoms with van der Waals surface area (Å²) >= 11 is 1.32. The lowest BCUT2D eigenvalue weighted by Gasteiger charge is -2.12. The monoisotopic (exact) mass is 564 g/mol. The van der Waals surface area contributed by atoms with E-state index in [0.717, 1.165) is 22.3 Å². The van der Waals surface area contributed by atoms with Gasteiger partial charge in [-0.15, -0.1) is 11.3 Å². The topological polar surface area (TPSA) is 93.1 Å². The molecule has 0 aliphatic carbocycles. The summed E-state index contributed by atoms with van der Waals surface area (Å²) in [5, 5.41) is 22.2. The number of phenolic OH excluding ortho intramolecular Hbond substituents is 2. The number of aryl methyl sites for hydroxylation is 2. The van der Waals surface area contributed by atoms with E-state index in [-0.39, 0.29) is 35.8 Å². The van der Waals surface area contributed by atoms with E-state index >= 15 is 0 Å². The third kappa shape index (κ3) is 6.31. The lowest BCUT2D eigenvalue weighted by molar-refractivity contribution is 0.0460. The number of carbonyl (C=O) groups excluding carboxylic acids is 2. The highest BCUT2D eigenvalue weighted by Gasteiger charge is 2.22. The van der Waals surface area contributed by atoms with Crippen LogP contribution in [0.25, 0.3) is 20.9 Å². The van der Waals surface area contributed by atoms with E-state index in [1.54, 1.807) is 24.3 Å². The third-order valence-electron chi connectivity index (χ3n) is 6.51. The van der Waals surface area contributed by atoms with E-state index in [1.807, 2.05) is 86.6 Å². The first-order chi connectivity index (χ1) is 19.8. The first kappa shape index (κ1) is 27.7. The number of ether oxygens (including phenoxy) is 2. The zero-order chi connectivity index (χ0) is 28.9. The van der Waals surface area contributed by atoms with Crippen LogP contribution in [0.2, 0.25) is 0 Å². The van der Waals surface area contributed by atoms with E-state index in [1.165, 1.54) is 11.3 Å². The highest BCUT2D eigenvalue weighted by Crippen LogP contribution is 2.43. The van der Waals surface area contributed by atoms with Crippen LogP contribution in [0.1, 0.15) is 43.0 Å². The first-order valence-corrected chi connectivity index (χ1v) is 13.8. The average Bonchev–Trinajstić information content (AvgIpc) is 3.47. The van der Waals surface area contributed by atoms with Gasteiger partial charge in [0.2, 0.25) is 0 Å². The standard InChI is InChI=1S/C34H28O6S/c1-21-15-25(31(35)27(17-21)33(37)39-19-23-9-5-3-6-10-23)29-13-14-30(41-29)26-16-22(2)18-28(32(26)36)34(38)40-20-24-11-7-4-8-12-24/h3-18,35-36H,19-20H2,1-2H3. The zero-order valence-electron chi connectivity index (χ0n) is 22.6. The number of benzene rings is 4. The number of thiophene rings is 1. The van der Waals surface area contributed by atoms with Gasteiger partial charge in [0.25, 0.3) is 0 Å². The maximum atomic E-state index is 12.9. The lowest BCUT2D eigenvalue weighted by atomic mass is 10.0. The molecular weight excluding hydrogens is 536 g/mol. The summed E-state index contributed by atoms with van der Waals surface area (Å²) in [5.41, 5.74) is 4.35. The Morgan fingerprint density at radius 3 is 1.39 bits per heavy atom. The number of esters is 2. The summed E-state index contributed by atoms with van der Waals surface area (Å²) in [6.07, 6.45) is 0. The molecule has 6 nitrogen and oxygen atoms in total. The van der Waals surface area contributed by atoms with Crippen molar-refractivity contribution in [2.24, 2.45) is 0 Å². The Morgan fingerprint density at radius 2 is 1.00 bits per heavy atom. The van der Waals surface area contributed by atoms with Crippen molar-refractivity contribution in [3.8, 4) is 32.4 Å². The molecule has 0 amide bonds. The van der Waals surface area contributed by atoms with Gasteiger partial charge in [-0.05, 0) is 72.5 Å². The molecule has 1 heterocycles. The van der Waals surface area contributed by atoms with Crippen LogP contribution in [-0.4, -0.2) is 22.2 Å². The van der Waals surface area contributed by atoms with Gasteiger partial charge in [-0.2, -0.15) is 0 Å². The molecule has 1 aromatic heterocycles. The van der Waals surface area contributed by atoms with Gasteiger partial charge < -0.3 is 19.7 Å². The van der Waals surface area contributed by atoms with Gasteiger partial charge in [-0.3, -0.25) is 0 Å². The van der Waals surface area contributed by atoms with Gasteiger partial charge in [0.05, 0.1) is 0 Å².